The summed E-state index contributed by atoms with van der Waals surface area (Å²) >= 11 is 0. The van der Waals surface area contributed by atoms with Gasteiger partial charge in [-0.1, -0.05) is 18.2 Å². The minimum atomic E-state index is -0.350. The van der Waals surface area contributed by atoms with Gasteiger partial charge in [0, 0.05) is 35.7 Å². The molecule has 0 aliphatic carbocycles. The molecule has 0 atom stereocenters. The summed E-state index contributed by atoms with van der Waals surface area (Å²) in [6.07, 6.45) is 1.65. The van der Waals surface area contributed by atoms with E-state index in [9.17, 15) is 9.18 Å². The van der Waals surface area contributed by atoms with Crippen LogP contribution in [0.4, 0.5) is 4.39 Å². The number of H-pyrrole nitrogens is 1. The minimum absolute atomic E-state index is 0.151. The zero-order valence-corrected chi connectivity index (χ0v) is 16.1. The van der Waals surface area contributed by atoms with Crippen LogP contribution in [0.5, 0.6) is 0 Å². The maximum atomic E-state index is 14.7. The smallest absolute Gasteiger partial charge is 0.251 e. The van der Waals surface area contributed by atoms with Crippen LogP contribution in [-0.2, 0) is 6.54 Å². The number of aryl methyl sites for hydroxylation is 1. The summed E-state index contributed by atoms with van der Waals surface area (Å²) in [5, 5.41) is 10.8. The molecule has 4 rings (SSSR count). The topological polar surface area (TPSA) is 96.7 Å². The number of hydrogen-bond acceptors (Lipinski definition) is 4. The molecular formula is C22H20FN5O. The first-order valence-corrected chi connectivity index (χ1v) is 9.18. The van der Waals surface area contributed by atoms with E-state index < -0.39 is 0 Å². The van der Waals surface area contributed by atoms with Crippen molar-refractivity contribution in [1.29, 1.82) is 0 Å². The fourth-order valence-corrected chi connectivity index (χ4v) is 3.45. The Morgan fingerprint density at radius 1 is 1.21 bits per heavy atom. The van der Waals surface area contributed by atoms with Crippen LogP contribution in [0.3, 0.4) is 0 Å². The predicted octanol–water partition coefficient (Wildman–Crippen LogP) is 3.56. The normalized spacial score (nSPS) is 11.0. The van der Waals surface area contributed by atoms with Crippen molar-refractivity contribution in [2.24, 2.45) is 5.73 Å². The Labute approximate surface area is 167 Å². The van der Waals surface area contributed by atoms with E-state index in [1.54, 1.807) is 25.4 Å². The third-order valence-corrected chi connectivity index (χ3v) is 4.93. The molecule has 2 heterocycles. The van der Waals surface area contributed by atoms with E-state index in [4.69, 9.17) is 5.73 Å². The molecule has 0 fully saturated rings. The van der Waals surface area contributed by atoms with E-state index in [1.807, 2.05) is 31.2 Å². The number of halogens is 1. The number of nitrogens with one attached hydrogen (secondary N) is 2. The van der Waals surface area contributed by atoms with Crippen LogP contribution in [0.15, 0.2) is 48.7 Å². The van der Waals surface area contributed by atoms with Gasteiger partial charge in [-0.15, -0.1) is 0 Å². The maximum absolute atomic E-state index is 14.7. The number of carbonyl (C=O) groups excluding carboxylic acids is 1. The largest absolute Gasteiger partial charge is 0.355 e. The Balaban J connectivity index is 1.81. The van der Waals surface area contributed by atoms with Gasteiger partial charge in [-0.25, -0.2) is 4.39 Å². The highest BCUT2D eigenvalue weighted by molar-refractivity contribution is 5.97. The third-order valence-electron chi connectivity index (χ3n) is 4.93. The second-order valence-corrected chi connectivity index (χ2v) is 6.82. The van der Waals surface area contributed by atoms with Crippen LogP contribution >= 0.6 is 0 Å². The Bertz CT molecular complexity index is 1190. The Morgan fingerprint density at radius 3 is 2.62 bits per heavy atom. The number of benzene rings is 2. The van der Waals surface area contributed by atoms with Gasteiger partial charge in [0.15, 0.2) is 0 Å². The quantitative estimate of drug-likeness (QED) is 0.497. The predicted molar refractivity (Wildman–Crippen MR) is 111 cm³/mol. The number of hydrogen-bond donors (Lipinski definition) is 3. The van der Waals surface area contributed by atoms with Gasteiger partial charge in [-0.3, -0.25) is 14.9 Å². The van der Waals surface area contributed by atoms with Gasteiger partial charge in [-0.2, -0.15) is 5.10 Å². The third kappa shape index (κ3) is 3.36. The monoisotopic (exact) mass is 389 g/mol. The zero-order valence-electron chi connectivity index (χ0n) is 16.1. The molecule has 0 spiro atoms. The molecule has 0 unspecified atom stereocenters. The molecule has 4 aromatic rings. The molecule has 7 heteroatoms. The first-order valence-electron chi connectivity index (χ1n) is 9.18. The lowest BCUT2D eigenvalue weighted by atomic mass is 9.99. The molecule has 2 aromatic carbocycles. The van der Waals surface area contributed by atoms with Crippen molar-refractivity contribution in [3.63, 3.8) is 0 Å². The summed E-state index contributed by atoms with van der Waals surface area (Å²) in [4.78, 5) is 16.2. The van der Waals surface area contributed by atoms with Crippen LogP contribution in [0.2, 0.25) is 0 Å². The van der Waals surface area contributed by atoms with Crippen molar-refractivity contribution in [2.45, 2.75) is 13.5 Å². The molecule has 0 saturated heterocycles. The summed E-state index contributed by atoms with van der Waals surface area (Å²) in [5.41, 5.74) is 11.0. The Morgan fingerprint density at radius 2 is 1.97 bits per heavy atom. The Kier molecular flexibility index (Phi) is 4.82. The molecule has 0 aliphatic rings. The second kappa shape index (κ2) is 7.44. The highest BCUT2D eigenvalue weighted by atomic mass is 19.1. The molecule has 1 amide bonds. The Hall–Kier alpha value is -3.58. The van der Waals surface area contributed by atoms with Gasteiger partial charge in [-0.05, 0) is 42.3 Å². The van der Waals surface area contributed by atoms with Gasteiger partial charge < -0.3 is 11.1 Å². The molecule has 4 N–H and O–H groups in total. The zero-order chi connectivity index (χ0) is 20.5. The fraction of sp³-hybridized carbons (Fsp3) is 0.136. The first-order chi connectivity index (χ1) is 14.0. The maximum Gasteiger partial charge on any atom is 0.251 e. The van der Waals surface area contributed by atoms with Crippen LogP contribution < -0.4 is 11.1 Å². The van der Waals surface area contributed by atoms with Crippen LogP contribution in [0, 0.1) is 12.7 Å². The van der Waals surface area contributed by atoms with Gasteiger partial charge >= 0.3 is 0 Å². The standard InChI is InChI=1S/C22H20FN5O/c1-12-7-13(10-24)8-17(23)20(12)18-9-16-19(11-26-18)27-28-21(16)14-3-5-15(6-4-14)22(29)25-2/h3-9,11H,10,24H2,1-2H3,(H,25,29)(H,27,28). The summed E-state index contributed by atoms with van der Waals surface area (Å²) in [7, 11) is 1.59. The number of aromatic nitrogens is 3. The van der Waals surface area contributed by atoms with Crippen LogP contribution in [0.1, 0.15) is 21.5 Å². The van der Waals surface area contributed by atoms with Gasteiger partial charge in [0.25, 0.3) is 5.91 Å². The van der Waals surface area contributed by atoms with E-state index in [-0.39, 0.29) is 18.3 Å². The summed E-state index contributed by atoms with van der Waals surface area (Å²) in [6.45, 7) is 2.12. The molecule has 2 aromatic heterocycles. The minimum Gasteiger partial charge on any atom is -0.355 e. The molecule has 29 heavy (non-hydrogen) atoms. The lowest BCUT2D eigenvalue weighted by molar-refractivity contribution is 0.0963. The van der Waals surface area contributed by atoms with Gasteiger partial charge in [0.2, 0.25) is 0 Å². The average molecular weight is 389 g/mol. The summed E-state index contributed by atoms with van der Waals surface area (Å²) in [5.74, 6) is -0.501. The number of aromatic amines is 1. The van der Waals surface area contributed by atoms with E-state index in [0.717, 1.165) is 27.6 Å². The van der Waals surface area contributed by atoms with Crippen molar-refractivity contribution in [2.75, 3.05) is 7.05 Å². The highest BCUT2D eigenvalue weighted by Crippen LogP contribution is 2.32. The van der Waals surface area contributed by atoms with Crippen molar-refractivity contribution in [3.05, 3.63) is 71.2 Å². The molecule has 0 bridgehead atoms. The average Bonchev–Trinajstić information content (AvgIpc) is 3.16. The number of fused-ring (bicyclic) bond motifs is 1. The number of amides is 1. The second-order valence-electron chi connectivity index (χ2n) is 6.82. The van der Waals surface area contributed by atoms with E-state index in [1.165, 1.54) is 6.07 Å². The molecule has 6 nitrogen and oxygen atoms in total. The lowest BCUT2D eigenvalue weighted by Gasteiger charge is -2.09. The van der Waals surface area contributed by atoms with Crippen molar-refractivity contribution < 1.29 is 9.18 Å². The molecule has 0 radical (unpaired) electrons. The molecule has 0 aliphatic heterocycles. The molecule has 146 valence electrons. The summed E-state index contributed by atoms with van der Waals surface area (Å²) in [6, 6.07) is 12.3. The van der Waals surface area contributed by atoms with Crippen molar-refractivity contribution in [3.8, 4) is 22.5 Å². The van der Waals surface area contributed by atoms with Crippen LogP contribution in [0.25, 0.3) is 33.4 Å². The van der Waals surface area contributed by atoms with Gasteiger partial charge in [0.05, 0.1) is 17.4 Å². The van der Waals surface area contributed by atoms with E-state index >= 15 is 0 Å². The van der Waals surface area contributed by atoms with Gasteiger partial charge in [0.1, 0.15) is 11.5 Å². The fourth-order valence-electron chi connectivity index (χ4n) is 3.45. The SMILES string of the molecule is CNC(=O)c1ccc(-c2n[nH]c3cnc(-c4c(C)cc(CN)cc4F)cc23)cc1. The lowest BCUT2D eigenvalue weighted by Crippen LogP contribution is -2.17. The number of nitrogens with zero attached hydrogens (tertiary/aromatic N) is 2. The number of carbonyl (C=O) groups is 1. The van der Waals surface area contributed by atoms with Crippen LogP contribution in [-0.4, -0.2) is 28.1 Å². The van der Waals surface area contributed by atoms with Crippen molar-refractivity contribution >= 4 is 16.8 Å². The van der Waals surface area contributed by atoms with Crippen molar-refractivity contribution in [1.82, 2.24) is 20.5 Å². The number of rotatable bonds is 4. The van der Waals surface area contributed by atoms with E-state index in [0.29, 0.717) is 22.5 Å². The molecular weight excluding hydrogens is 369 g/mol. The highest BCUT2D eigenvalue weighted by Gasteiger charge is 2.15. The first kappa shape index (κ1) is 18.8. The summed E-state index contributed by atoms with van der Waals surface area (Å²) < 4.78 is 14.7. The molecule has 0 saturated carbocycles. The number of nitrogens with two attached hydrogens (primary N) is 1. The van der Waals surface area contributed by atoms with E-state index in [2.05, 4.69) is 20.5 Å². The number of pyridine rings is 1.